The van der Waals surface area contributed by atoms with Crippen LogP contribution in [-0.2, 0) is 11.2 Å². The summed E-state index contributed by atoms with van der Waals surface area (Å²) >= 11 is 0. The number of nitrogens with one attached hydrogen (secondary N) is 2. The Morgan fingerprint density at radius 2 is 2.19 bits per heavy atom. The predicted molar refractivity (Wildman–Crippen MR) is 121 cm³/mol. The van der Waals surface area contributed by atoms with Gasteiger partial charge < -0.3 is 20.3 Å². The van der Waals surface area contributed by atoms with Gasteiger partial charge in [-0.25, -0.2) is 0 Å². The molecule has 0 saturated carbocycles. The lowest BCUT2D eigenvalue weighted by Gasteiger charge is -2.21. The highest BCUT2D eigenvalue weighted by molar-refractivity contribution is 14.0. The van der Waals surface area contributed by atoms with E-state index in [9.17, 15) is 4.79 Å². The first-order valence-electron chi connectivity index (χ1n) is 9.59. The summed E-state index contributed by atoms with van der Waals surface area (Å²) in [6.07, 6.45) is 1.97. The average Bonchev–Trinajstić information content (AvgIpc) is 3.14. The van der Waals surface area contributed by atoms with Crippen molar-refractivity contribution in [3.05, 3.63) is 35.4 Å². The minimum absolute atomic E-state index is 0. The normalized spacial score (nSPS) is 16.8. The van der Waals surface area contributed by atoms with Gasteiger partial charge in [-0.3, -0.25) is 9.79 Å². The van der Waals surface area contributed by atoms with Gasteiger partial charge in [0.1, 0.15) is 0 Å². The minimum Gasteiger partial charge on any atom is -0.381 e. The van der Waals surface area contributed by atoms with Gasteiger partial charge in [0.2, 0.25) is 0 Å². The molecule has 1 aromatic carbocycles. The number of rotatable bonds is 8. The summed E-state index contributed by atoms with van der Waals surface area (Å²) in [4.78, 5) is 18.9. The molecule has 1 fully saturated rings. The zero-order chi connectivity index (χ0) is 18.8. The summed E-state index contributed by atoms with van der Waals surface area (Å²) in [6, 6.07) is 7.74. The van der Waals surface area contributed by atoms with Gasteiger partial charge in [0.25, 0.3) is 5.91 Å². The molecule has 2 N–H and O–H groups in total. The van der Waals surface area contributed by atoms with Crippen molar-refractivity contribution in [3.63, 3.8) is 0 Å². The van der Waals surface area contributed by atoms with Crippen molar-refractivity contribution < 1.29 is 9.53 Å². The maximum Gasteiger partial charge on any atom is 0.251 e. The van der Waals surface area contributed by atoms with Gasteiger partial charge in [0.15, 0.2) is 5.96 Å². The number of guanidine groups is 1. The molecule has 0 spiro atoms. The fourth-order valence-electron chi connectivity index (χ4n) is 3.17. The van der Waals surface area contributed by atoms with E-state index in [4.69, 9.17) is 9.73 Å². The molecule has 1 aliphatic heterocycles. The number of nitrogens with zero attached hydrogens (tertiary/aromatic N) is 2. The van der Waals surface area contributed by atoms with Crippen LogP contribution in [0.4, 0.5) is 0 Å². The first kappa shape index (κ1) is 23.7. The van der Waals surface area contributed by atoms with Gasteiger partial charge in [-0.2, -0.15) is 0 Å². The summed E-state index contributed by atoms with van der Waals surface area (Å²) in [5, 5.41) is 6.06. The Kier molecular flexibility index (Phi) is 11.3. The van der Waals surface area contributed by atoms with Crippen LogP contribution in [0.1, 0.15) is 36.2 Å². The molecule has 0 aliphatic carbocycles. The second-order valence-electron chi connectivity index (χ2n) is 6.53. The number of hydrogen-bond acceptors (Lipinski definition) is 3. The highest BCUT2D eigenvalue weighted by Gasteiger charge is 2.24. The van der Waals surface area contributed by atoms with Crippen molar-refractivity contribution in [2.45, 2.75) is 26.7 Å². The van der Waals surface area contributed by atoms with E-state index in [0.717, 1.165) is 57.2 Å². The molecule has 7 heteroatoms. The van der Waals surface area contributed by atoms with Gasteiger partial charge in [0.05, 0.1) is 6.61 Å². The third-order valence-corrected chi connectivity index (χ3v) is 4.56. The molecule has 1 aliphatic rings. The Hall–Kier alpha value is -1.35. The topological polar surface area (TPSA) is 66.0 Å². The quantitative estimate of drug-likeness (QED) is 0.336. The Morgan fingerprint density at radius 1 is 1.37 bits per heavy atom. The van der Waals surface area contributed by atoms with Crippen LogP contribution in [-0.4, -0.2) is 63.2 Å². The van der Waals surface area contributed by atoms with Crippen molar-refractivity contribution in [1.82, 2.24) is 15.5 Å². The third kappa shape index (κ3) is 7.65. The molecule has 1 amide bonds. The molecule has 27 heavy (non-hydrogen) atoms. The summed E-state index contributed by atoms with van der Waals surface area (Å²) in [5.41, 5.74) is 1.82. The van der Waals surface area contributed by atoms with E-state index in [1.165, 1.54) is 0 Å². The van der Waals surface area contributed by atoms with Crippen LogP contribution in [0.25, 0.3) is 0 Å². The van der Waals surface area contributed by atoms with Gasteiger partial charge in [-0.05, 0) is 44.4 Å². The molecule has 1 unspecified atom stereocenters. The standard InChI is InChI=1S/C20H32N4O2.HI/c1-4-22-20(24-12-10-17(14-24)15-26-5-2)23-11-9-16-7-6-8-18(13-16)19(25)21-3;/h6-8,13,17H,4-5,9-12,14-15H2,1-3H3,(H,21,25)(H,22,23);1H. The van der Waals surface area contributed by atoms with E-state index >= 15 is 0 Å². The molecule has 1 aromatic rings. The molecular formula is C20H33IN4O2. The number of amides is 1. The van der Waals surface area contributed by atoms with Crippen molar-refractivity contribution in [3.8, 4) is 0 Å². The Balaban J connectivity index is 0.00000364. The third-order valence-electron chi connectivity index (χ3n) is 4.56. The maximum absolute atomic E-state index is 11.7. The van der Waals surface area contributed by atoms with Crippen molar-refractivity contribution in [1.29, 1.82) is 0 Å². The van der Waals surface area contributed by atoms with Crippen LogP contribution < -0.4 is 10.6 Å². The molecule has 2 rings (SSSR count). The highest BCUT2D eigenvalue weighted by atomic mass is 127. The van der Waals surface area contributed by atoms with E-state index in [2.05, 4.69) is 22.5 Å². The predicted octanol–water partition coefficient (Wildman–Crippen LogP) is 2.53. The van der Waals surface area contributed by atoms with Crippen molar-refractivity contribution in [2.24, 2.45) is 10.9 Å². The molecule has 0 radical (unpaired) electrons. The van der Waals surface area contributed by atoms with Gasteiger partial charge in [0, 0.05) is 51.3 Å². The largest absolute Gasteiger partial charge is 0.381 e. The van der Waals surface area contributed by atoms with Crippen LogP contribution in [0, 0.1) is 5.92 Å². The van der Waals surface area contributed by atoms with Crippen LogP contribution in [0.2, 0.25) is 0 Å². The summed E-state index contributed by atoms with van der Waals surface area (Å²) in [6.45, 7) is 9.32. The molecule has 152 valence electrons. The number of halogens is 1. The van der Waals surface area contributed by atoms with E-state index in [1.807, 2.05) is 31.2 Å². The second-order valence-corrected chi connectivity index (χ2v) is 6.53. The summed E-state index contributed by atoms with van der Waals surface area (Å²) in [7, 11) is 1.65. The number of carbonyl (C=O) groups is 1. The monoisotopic (exact) mass is 488 g/mol. The van der Waals surface area contributed by atoms with Crippen LogP contribution in [0.5, 0.6) is 0 Å². The molecule has 1 heterocycles. The Morgan fingerprint density at radius 3 is 2.89 bits per heavy atom. The molecular weight excluding hydrogens is 455 g/mol. The molecule has 6 nitrogen and oxygen atoms in total. The van der Waals surface area contributed by atoms with Crippen LogP contribution >= 0.6 is 24.0 Å². The van der Waals surface area contributed by atoms with E-state index in [-0.39, 0.29) is 29.9 Å². The lowest BCUT2D eigenvalue weighted by atomic mass is 10.1. The molecule has 0 aromatic heterocycles. The van der Waals surface area contributed by atoms with Gasteiger partial charge >= 0.3 is 0 Å². The molecule has 1 atom stereocenters. The van der Waals surface area contributed by atoms with Gasteiger partial charge in [-0.1, -0.05) is 12.1 Å². The number of likely N-dealkylation sites (tertiary alicyclic amines) is 1. The maximum atomic E-state index is 11.7. The first-order valence-corrected chi connectivity index (χ1v) is 9.59. The smallest absolute Gasteiger partial charge is 0.251 e. The first-order chi connectivity index (χ1) is 12.7. The molecule has 0 bridgehead atoms. The lowest BCUT2D eigenvalue weighted by molar-refractivity contribution is 0.0963. The van der Waals surface area contributed by atoms with Gasteiger partial charge in [-0.15, -0.1) is 24.0 Å². The average molecular weight is 488 g/mol. The van der Waals surface area contributed by atoms with E-state index in [1.54, 1.807) is 7.05 Å². The summed E-state index contributed by atoms with van der Waals surface area (Å²) in [5.74, 6) is 1.51. The Bertz CT molecular complexity index is 609. The fourth-order valence-corrected chi connectivity index (χ4v) is 3.17. The van der Waals surface area contributed by atoms with Crippen LogP contribution in [0.15, 0.2) is 29.3 Å². The zero-order valence-corrected chi connectivity index (χ0v) is 19.0. The number of aliphatic imine (C=N–C) groups is 1. The van der Waals surface area contributed by atoms with Crippen molar-refractivity contribution >= 4 is 35.8 Å². The number of carbonyl (C=O) groups excluding carboxylic acids is 1. The molecule has 1 saturated heterocycles. The minimum atomic E-state index is -0.0545. The van der Waals surface area contributed by atoms with Crippen LogP contribution in [0.3, 0.4) is 0 Å². The van der Waals surface area contributed by atoms with E-state index in [0.29, 0.717) is 18.0 Å². The zero-order valence-electron chi connectivity index (χ0n) is 16.7. The highest BCUT2D eigenvalue weighted by Crippen LogP contribution is 2.16. The number of benzene rings is 1. The number of ether oxygens (including phenoxy) is 1. The fraction of sp³-hybridized carbons (Fsp3) is 0.600. The number of hydrogen-bond donors (Lipinski definition) is 2. The lowest BCUT2D eigenvalue weighted by Crippen LogP contribution is -2.40. The summed E-state index contributed by atoms with van der Waals surface area (Å²) < 4.78 is 5.56. The SMILES string of the molecule is CCNC(=NCCc1cccc(C(=O)NC)c1)N1CCC(COCC)C1.I. The van der Waals surface area contributed by atoms with Crippen molar-refractivity contribution in [2.75, 3.05) is 46.4 Å². The van der Waals surface area contributed by atoms with E-state index < -0.39 is 0 Å². The second kappa shape index (κ2) is 12.9. The Labute approximate surface area is 180 Å².